The number of hydrogen-bond acceptors (Lipinski definition) is 4. The molecule has 2 N–H and O–H groups in total. The van der Waals surface area contributed by atoms with Gasteiger partial charge in [-0.25, -0.2) is 0 Å². The lowest BCUT2D eigenvalue weighted by molar-refractivity contribution is 0.0315. The van der Waals surface area contributed by atoms with Crippen molar-refractivity contribution in [3.63, 3.8) is 0 Å². The highest BCUT2D eigenvalue weighted by Crippen LogP contribution is 2.07. The molecule has 0 atom stereocenters. The fraction of sp³-hybridized carbons (Fsp3) is 0.200. The van der Waals surface area contributed by atoms with E-state index in [-0.39, 0.29) is 0 Å². The van der Waals surface area contributed by atoms with Crippen molar-refractivity contribution < 1.29 is 9.68 Å². The number of allylic oxidation sites excluding steroid dienone is 2. The Morgan fingerprint density at radius 2 is 1.08 bits per heavy atom. The molecule has 2 aromatic carbocycles. The normalized spacial score (nSPS) is 12.1. The van der Waals surface area contributed by atoms with Crippen LogP contribution in [0, 0.1) is 0 Å². The lowest BCUT2D eigenvalue weighted by Crippen LogP contribution is -2.24. The van der Waals surface area contributed by atoms with E-state index in [9.17, 15) is 0 Å². The second-order valence-electron chi connectivity index (χ2n) is 5.16. The molecule has 24 heavy (non-hydrogen) atoms. The average molecular weight is 324 g/mol. The first-order valence-electron chi connectivity index (χ1n) is 8.00. The van der Waals surface area contributed by atoms with Gasteiger partial charge in [0.25, 0.3) is 0 Å². The van der Waals surface area contributed by atoms with Crippen molar-refractivity contribution in [1.29, 1.82) is 0 Å². The summed E-state index contributed by atoms with van der Waals surface area (Å²) in [4.78, 5) is 11.1. The molecule has 0 saturated carbocycles. The van der Waals surface area contributed by atoms with Crippen LogP contribution in [-0.2, 0) is 22.9 Å². The van der Waals surface area contributed by atoms with Crippen LogP contribution in [0.25, 0.3) is 0 Å². The highest BCUT2D eigenvalue weighted by atomic mass is 16.7. The van der Waals surface area contributed by atoms with Crippen molar-refractivity contribution in [3.05, 3.63) is 95.3 Å². The van der Waals surface area contributed by atoms with Crippen LogP contribution in [0.15, 0.2) is 84.2 Å². The fourth-order valence-electron chi connectivity index (χ4n) is 2.08. The van der Waals surface area contributed by atoms with Crippen molar-refractivity contribution in [1.82, 2.24) is 11.0 Å². The number of hydroxylamine groups is 2. The van der Waals surface area contributed by atoms with E-state index in [2.05, 4.69) is 11.0 Å². The van der Waals surface area contributed by atoms with Gasteiger partial charge in [0.1, 0.15) is 0 Å². The zero-order valence-electron chi connectivity index (χ0n) is 14.2. The van der Waals surface area contributed by atoms with Crippen LogP contribution in [-0.4, -0.2) is 0 Å². The molecule has 0 aliphatic rings. The van der Waals surface area contributed by atoms with E-state index in [0.29, 0.717) is 13.2 Å². The van der Waals surface area contributed by atoms with Gasteiger partial charge in [0.2, 0.25) is 0 Å². The summed E-state index contributed by atoms with van der Waals surface area (Å²) >= 11 is 0. The molecule has 4 heteroatoms. The minimum atomic E-state index is 0.486. The van der Waals surface area contributed by atoms with Gasteiger partial charge in [0, 0.05) is 0 Å². The van der Waals surface area contributed by atoms with E-state index in [0.717, 1.165) is 22.5 Å². The van der Waals surface area contributed by atoms with Crippen LogP contribution in [0.4, 0.5) is 0 Å². The molecule has 0 amide bonds. The molecule has 0 aliphatic carbocycles. The molecular formula is C20H24N2O2. The van der Waals surface area contributed by atoms with Crippen molar-refractivity contribution in [2.45, 2.75) is 27.1 Å². The van der Waals surface area contributed by atoms with Crippen molar-refractivity contribution in [2.24, 2.45) is 0 Å². The van der Waals surface area contributed by atoms with Crippen molar-refractivity contribution in [2.75, 3.05) is 0 Å². The van der Waals surface area contributed by atoms with Crippen LogP contribution < -0.4 is 11.0 Å². The first kappa shape index (κ1) is 17.8. The van der Waals surface area contributed by atoms with Crippen LogP contribution in [0.5, 0.6) is 0 Å². The molecule has 0 unspecified atom stereocenters. The summed E-state index contributed by atoms with van der Waals surface area (Å²) in [5, 5.41) is 0. The predicted octanol–water partition coefficient (Wildman–Crippen LogP) is 4.24. The SMILES string of the molecule is CC=C(NOCc1ccccc1)C(=CC)NOCc1ccccc1. The van der Waals surface area contributed by atoms with Crippen LogP contribution in [0.3, 0.4) is 0 Å². The van der Waals surface area contributed by atoms with E-state index in [1.165, 1.54) is 0 Å². The summed E-state index contributed by atoms with van der Waals surface area (Å²) < 4.78 is 0. The summed E-state index contributed by atoms with van der Waals surface area (Å²) in [5.74, 6) is 0. The van der Waals surface area contributed by atoms with Gasteiger partial charge < -0.3 is 0 Å². The lowest BCUT2D eigenvalue weighted by atomic mass is 10.2. The number of rotatable bonds is 9. The molecule has 126 valence electrons. The Kier molecular flexibility index (Phi) is 7.60. The summed E-state index contributed by atoms with van der Waals surface area (Å²) in [6.07, 6.45) is 3.86. The van der Waals surface area contributed by atoms with Crippen molar-refractivity contribution in [3.8, 4) is 0 Å². The maximum atomic E-state index is 5.57. The maximum absolute atomic E-state index is 5.57. The standard InChI is InChI=1S/C20H24N2O2/c1-3-19(21-23-15-17-11-7-5-8-12-17)20(4-2)22-24-16-18-13-9-6-10-14-18/h3-14,21-22H,15-16H2,1-2H3. The maximum Gasteiger partial charge on any atom is 0.0996 e. The van der Waals surface area contributed by atoms with Crippen molar-refractivity contribution >= 4 is 0 Å². The molecule has 0 fully saturated rings. The molecular weight excluding hydrogens is 300 g/mol. The largest absolute Gasteiger partial charge is 0.271 e. The third-order valence-corrected chi connectivity index (χ3v) is 3.40. The summed E-state index contributed by atoms with van der Waals surface area (Å²) in [6, 6.07) is 20.0. The quantitative estimate of drug-likeness (QED) is 0.535. The first-order chi connectivity index (χ1) is 11.8. The zero-order valence-corrected chi connectivity index (χ0v) is 14.2. The second-order valence-corrected chi connectivity index (χ2v) is 5.16. The molecule has 2 rings (SSSR count). The van der Waals surface area contributed by atoms with Gasteiger partial charge in [-0.15, -0.1) is 0 Å². The van der Waals surface area contributed by atoms with E-state index in [4.69, 9.17) is 9.68 Å². The van der Waals surface area contributed by atoms with Crippen LogP contribution >= 0.6 is 0 Å². The van der Waals surface area contributed by atoms with E-state index in [1.807, 2.05) is 86.7 Å². The molecule has 0 bridgehead atoms. The Labute approximate surface area is 143 Å². The van der Waals surface area contributed by atoms with Gasteiger partial charge in [0.05, 0.1) is 24.6 Å². The monoisotopic (exact) mass is 324 g/mol. The van der Waals surface area contributed by atoms with Crippen LogP contribution in [0.1, 0.15) is 25.0 Å². The smallest absolute Gasteiger partial charge is 0.0996 e. The Balaban J connectivity index is 1.79. The molecule has 0 aliphatic heterocycles. The minimum Gasteiger partial charge on any atom is -0.271 e. The molecule has 0 heterocycles. The number of benzene rings is 2. The zero-order chi connectivity index (χ0) is 17.0. The molecule has 4 nitrogen and oxygen atoms in total. The highest BCUT2D eigenvalue weighted by molar-refractivity contribution is 5.25. The molecule has 2 aromatic rings. The average Bonchev–Trinajstić information content (AvgIpc) is 2.65. The third-order valence-electron chi connectivity index (χ3n) is 3.40. The van der Waals surface area contributed by atoms with E-state index in [1.54, 1.807) is 0 Å². The van der Waals surface area contributed by atoms with Crippen LogP contribution in [0.2, 0.25) is 0 Å². The van der Waals surface area contributed by atoms with Gasteiger partial charge in [-0.2, -0.15) is 0 Å². The van der Waals surface area contributed by atoms with Gasteiger partial charge in [-0.1, -0.05) is 72.8 Å². The Hall–Kier alpha value is -2.56. The predicted molar refractivity (Wildman–Crippen MR) is 96.2 cm³/mol. The highest BCUT2D eigenvalue weighted by Gasteiger charge is 2.04. The van der Waals surface area contributed by atoms with E-state index >= 15 is 0 Å². The van der Waals surface area contributed by atoms with Gasteiger partial charge in [-0.3, -0.25) is 20.6 Å². The van der Waals surface area contributed by atoms with Gasteiger partial charge >= 0.3 is 0 Å². The topological polar surface area (TPSA) is 42.5 Å². The Morgan fingerprint density at radius 3 is 1.42 bits per heavy atom. The first-order valence-corrected chi connectivity index (χ1v) is 8.00. The fourth-order valence-corrected chi connectivity index (χ4v) is 2.08. The summed E-state index contributed by atoms with van der Waals surface area (Å²) in [6.45, 7) is 4.85. The van der Waals surface area contributed by atoms with Gasteiger partial charge in [0.15, 0.2) is 0 Å². The Morgan fingerprint density at radius 1 is 0.708 bits per heavy atom. The third kappa shape index (κ3) is 5.91. The summed E-state index contributed by atoms with van der Waals surface area (Å²) in [5.41, 5.74) is 9.79. The molecule has 0 radical (unpaired) electrons. The van der Waals surface area contributed by atoms with Gasteiger partial charge in [-0.05, 0) is 25.0 Å². The number of hydrogen-bond donors (Lipinski definition) is 2. The lowest BCUT2D eigenvalue weighted by Gasteiger charge is -2.16. The minimum absolute atomic E-state index is 0.486. The summed E-state index contributed by atoms with van der Waals surface area (Å²) in [7, 11) is 0. The molecule has 0 aromatic heterocycles. The molecule has 0 spiro atoms. The number of nitrogens with one attached hydrogen (secondary N) is 2. The second kappa shape index (κ2) is 10.3. The van der Waals surface area contributed by atoms with E-state index < -0.39 is 0 Å². The Bertz CT molecular complexity index is 592. The molecule has 0 saturated heterocycles.